The van der Waals surface area contributed by atoms with Crippen molar-refractivity contribution in [3.8, 4) is 22.3 Å². The molecule has 8 bridgehead atoms. The minimum atomic E-state index is 0.564. The molecule has 0 unspecified atom stereocenters. The van der Waals surface area contributed by atoms with Gasteiger partial charge in [0.1, 0.15) is 0 Å². The van der Waals surface area contributed by atoms with Gasteiger partial charge in [-0.1, -0.05) is 121 Å². The molecule has 0 aliphatic carbocycles. The molecule has 0 fully saturated rings. The van der Waals surface area contributed by atoms with Gasteiger partial charge in [-0.3, -0.25) is 4.79 Å². The van der Waals surface area contributed by atoms with Gasteiger partial charge in [-0.15, -0.1) is 0 Å². The van der Waals surface area contributed by atoms with Gasteiger partial charge in [-0.2, -0.15) is 0 Å². The third-order valence-corrected chi connectivity index (χ3v) is 9.20. The lowest BCUT2D eigenvalue weighted by atomic mass is 9.88. The summed E-state index contributed by atoms with van der Waals surface area (Å²) >= 11 is 0. The minimum absolute atomic E-state index is 0.564. The average Bonchev–Trinajstić information content (AvgIpc) is 3.96. The van der Waals surface area contributed by atoms with Crippen molar-refractivity contribution in [1.29, 1.82) is 0 Å². The summed E-state index contributed by atoms with van der Waals surface area (Å²) in [4.78, 5) is 30.9. The summed E-state index contributed by atoms with van der Waals surface area (Å²) < 4.78 is 0. The van der Waals surface area contributed by atoms with E-state index in [0.717, 1.165) is 90.1 Å². The van der Waals surface area contributed by atoms with E-state index < -0.39 is 0 Å². The standard InChI is InChI=1S/C45H30N4O/c50-28-37-38-26-35-23-21-33(46-35)25-34-22-24-36(47-34)27-39-41(30-15-7-2-8-16-30)42(31-17-9-3-10-18-31)45(49-39)43(32-19-11-4-12-20-32)44(48-38)40(37)29-13-5-1-6-14-29/h1-28,47-48H. The Labute approximate surface area is 289 Å². The van der Waals surface area contributed by atoms with Gasteiger partial charge < -0.3 is 9.97 Å². The summed E-state index contributed by atoms with van der Waals surface area (Å²) in [5.41, 5.74) is 14.9. The van der Waals surface area contributed by atoms with Crippen LogP contribution in [0.1, 0.15) is 44.3 Å². The number of H-pyrrole nitrogens is 2. The highest BCUT2D eigenvalue weighted by molar-refractivity contribution is 6.13. The van der Waals surface area contributed by atoms with E-state index in [1.807, 2.05) is 72.8 Å². The van der Waals surface area contributed by atoms with Crippen LogP contribution < -0.4 is 0 Å². The molecular formula is C45H30N4O. The summed E-state index contributed by atoms with van der Waals surface area (Å²) in [7, 11) is 0. The topological polar surface area (TPSA) is 74.4 Å². The van der Waals surface area contributed by atoms with Gasteiger partial charge in [0.05, 0.1) is 33.8 Å². The number of carbonyl (C=O) groups is 1. The molecule has 0 amide bonds. The van der Waals surface area contributed by atoms with Crippen molar-refractivity contribution in [1.82, 2.24) is 19.9 Å². The molecule has 0 atom stereocenters. The largest absolute Gasteiger partial charge is 0.355 e. The van der Waals surface area contributed by atoms with Gasteiger partial charge in [0, 0.05) is 38.9 Å². The van der Waals surface area contributed by atoms with E-state index >= 15 is 0 Å². The lowest BCUT2D eigenvalue weighted by Gasteiger charge is -2.13. The van der Waals surface area contributed by atoms with E-state index in [1.54, 1.807) is 0 Å². The Hall–Kier alpha value is -6.85. The molecule has 5 heteroatoms. The first-order chi connectivity index (χ1) is 24.7. The number of rotatable bonds is 5. The minimum Gasteiger partial charge on any atom is -0.355 e. The second-order valence-corrected chi connectivity index (χ2v) is 12.4. The Bertz CT molecular complexity index is 2630. The Balaban J connectivity index is 1.56. The fraction of sp³-hybridized carbons (Fsp3) is 0. The van der Waals surface area contributed by atoms with Crippen molar-refractivity contribution < 1.29 is 4.79 Å². The molecule has 5 nitrogen and oxygen atoms in total. The highest BCUT2D eigenvalue weighted by Gasteiger charge is 2.28. The van der Waals surface area contributed by atoms with E-state index in [-0.39, 0.29) is 0 Å². The summed E-state index contributed by atoms with van der Waals surface area (Å²) in [5.74, 6) is 0. The predicted octanol–water partition coefficient (Wildman–Crippen LogP) is 10.6. The molecule has 50 heavy (non-hydrogen) atoms. The van der Waals surface area contributed by atoms with Gasteiger partial charge in [-0.05, 0) is 64.7 Å². The molecule has 0 spiro atoms. The number of hydrogen-bond donors (Lipinski definition) is 2. The van der Waals surface area contributed by atoms with Gasteiger partial charge in [0.2, 0.25) is 0 Å². The second-order valence-electron chi connectivity index (χ2n) is 12.4. The molecule has 2 aliphatic heterocycles. The van der Waals surface area contributed by atoms with Gasteiger partial charge >= 0.3 is 0 Å². The zero-order chi connectivity index (χ0) is 33.4. The van der Waals surface area contributed by atoms with Gasteiger partial charge in [0.25, 0.3) is 0 Å². The molecule has 2 N–H and O–H groups in total. The Morgan fingerprint density at radius 3 is 1.60 bits per heavy atom. The summed E-state index contributed by atoms with van der Waals surface area (Å²) in [6.07, 6.45) is 4.91. The van der Waals surface area contributed by atoms with Crippen molar-refractivity contribution in [2.75, 3.05) is 0 Å². The average molecular weight is 643 g/mol. The maximum Gasteiger partial charge on any atom is 0.152 e. The van der Waals surface area contributed by atoms with Crippen LogP contribution in [0.3, 0.4) is 0 Å². The van der Waals surface area contributed by atoms with Crippen molar-refractivity contribution in [2.45, 2.75) is 0 Å². The van der Waals surface area contributed by atoms with Crippen LogP contribution in [0, 0.1) is 0 Å². The molecule has 7 aromatic rings. The van der Waals surface area contributed by atoms with Crippen LogP contribution in [0.25, 0.3) is 67.6 Å². The van der Waals surface area contributed by atoms with Crippen molar-refractivity contribution in [2.24, 2.45) is 0 Å². The highest BCUT2D eigenvalue weighted by atomic mass is 16.1. The molecule has 0 saturated carbocycles. The molecular weight excluding hydrogens is 613 g/mol. The van der Waals surface area contributed by atoms with Crippen LogP contribution in [0.5, 0.6) is 0 Å². The molecule has 5 heterocycles. The first-order valence-electron chi connectivity index (χ1n) is 16.6. The Kier molecular flexibility index (Phi) is 7.21. The quantitative estimate of drug-likeness (QED) is 0.184. The van der Waals surface area contributed by atoms with Crippen molar-refractivity contribution in [3.05, 3.63) is 191 Å². The lowest BCUT2D eigenvalue weighted by molar-refractivity contribution is 0.112. The fourth-order valence-corrected chi connectivity index (χ4v) is 7.02. The van der Waals surface area contributed by atoms with E-state index in [2.05, 4.69) is 101 Å². The van der Waals surface area contributed by atoms with E-state index in [0.29, 0.717) is 11.1 Å². The monoisotopic (exact) mass is 642 g/mol. The fourth-order valence-electron chi connectivity index (χ4n) is 7.02. The maximum atomic E-state index is 13.2. The number of aromatic nitrogens is 4. The summed E-state index contributed by atoms with van der Waals surface area (Å²) in [6, 6.07) is 51.6. The summed E-state index contributed by atoms with van der Waals surface area (Å²) in [5, 5.41) is 0. The number of fused-ring (bicyclic) bond motifs is 8. The van der Waals surface area contributed by atoms with Crippen LogP contribution in [-0.2, 0) is 0 Å². The van der Waals surface area contributed by atoms with Crippen LogP contribution in [-0.4, -0.2) is 26.2 Å². The number of carbonyl (C=O) groups excluding carboxylic acids is 1. The molecule has 9 rings (SSSR count). The predicted molar refractivity (Wildman–Crippen MR) is 204 cm³/mol. The number of hydrogen-bond acceptors (Lipinski definition) is 3. The number of nitrogens with one attached hydrogen (secondary N) is 2. The zero-order valence-corrected chi connectivity index (χ0v) is 27.0. The molecule has 4 aromatic carbocycles. The van der Waals surface area contributed by atoms with Crippen molar-refractivity contribution >= 4 is 51.7 Å². The first kappa shape index (κ1) is 29.3. The molecule has 236 valence electrons. The number of aromatic amines is 2. The summed E-state index contributed by atoms with van der Waals surface area (Å²) in [6.45, 7) is 0. The normalized spacial score (nSPS) is 12.3. The number of benzene rings is 4. The smallest absolute Gasteiger partial charge is 0.152 e. The van der Waals surface area contributed by atoms with Crippen LogP contribution in [0.2, 0.25) is 0 Å². The van der Waals surface area contributed by atoms with E-state index in [4.69, 9.17) is 9.97 Å². The maximum absolute atomic E-state index is 13.2. The molecule has 0 saturated heterocycles. The molecule has 2 aliphatic rings. The van der Waals surface area contributed by atoms with Crippen LogP contribution >= 0.6 is 0 Å². The SMILES string of the molecule is O=Cc1c(-c2ccccc2)c2[nH]c1cc1nc(cc3ccc(cc4nc(c2-c2ccccc2)C(c2ccccc2)=C4c2ccccc2)[nH]3)C=C1. The Morgan fingerprint density at radius 2 is 1.00 bits per heavy atom. The lowest BCUT2D eigenvalue weighted by Crippen LogP contribution is -1.94. The van der Waals surface area contributed by atoms with Gasteiger partial charge in [0.15, 0.2) is 6.29 Å². The third-order valence-electron chi connectivity index (χ3n) is 9.20. The number of nitrogens with zero attached hydrogens (tertiary/aromatic N) is 2. The first-order valence-corrected chi connectivity index (χ1v) is 16.6. The Morgan fingerprint density at radius 1 is 0.480 bits per heavy atom. The van der Waals surface area contributed by atoms with Crippen LogP contribution in [0.15, 0.2) is 152 Å². The number of aldehydes is 1. The van der Waals surface area contributed by atoms with Crippen molar-refractivity contribution in [3.63, 3.8) is 0 Å². The highest BCUT2D eigenvalue weighted by Crippen LogP contribution is 2.46. The third kappa shape index (κ3) is 5.18. The van der Waals surface area contributed by atoms with Crippen LogP contribution in [0.4, 0.5) is 0 Å². The zero-order valence-electron chi connectivity index (χ0n) is 27.0. The molecule has 0 radical (unpaired) electrons. The van der Waals surface area contributed by atoms with E-state index in [9.17, 15) is 4.79 Å². The molecule has 3 aromatic heterocycles. The van der Waals surface area contributed by atoms with E-state index in [1.165, 1.54) is 0 Å². The second kappa shape index (κ2) is 12.3. The van der Waals surface area contributed by atoms with Gasteiger partial charge in [-0.25, -0.2) is 9.97 Å².